The lowest BCUT2D eigenvalue weighted by Crippen LogP contribution is -2.47. The molecule has 5 rings (SSSR count). The topological polar surface area (TPSA) is 68.4 Å². The van der Waals surface area contributed by atoms with Crippen LogP contribution in [0.5, 0.6) is 5.75 Å². The molecule has 1 atom stereocenters. The second-order valence-corrected chi connectivity index (χ2v) is 11.2. The van der Waals surface area contributed by atoms with Crippen LogP contribution in [0.2, 0.25) is 0 Å². The molecule has 2 fully saturated rings. The van der Waals surface area contributed by atoms with E-state index in [0.717, 1.165) is 51.4 Å². The minimum Gasteiger partial charge on any atom is -0.494 e. The Morgan fingerprint density at radius 1 is 0.930 bits per heavy atom. The van der Waals surface area contributed by atoms with Crippen molar-refractivity contribution in [3.05, 3.63) is 90.2 Å². The van der Waals surface area contributed by atoms with Gasteiger partial charge in [-0.2, -0.15) is 0 Å². The minimum atomic E-state index is -0.747. The van der Waals surface area contributed by atoms with Crippen LogP contribution in [0.3, 0.4) is 0 Å². The Balaban J connectivity index is 1.19. The number of benzene rings is 3. The van der Waals surface area contributed by atoms with Crippen molar-refractivity contribution >= 4 is 40.5 Å². The lowest BCUT2D eigenvalue weighted by atomic mass is 10.1. The predicted molar refractivity (Wildman–Crippen MR) is 171 cm³/mol. The summed E-state index contributed by atoms with van der Waals surface area (Å²) >= 11 is 5.77. The maximum Gasteiger partial charge on any atom is 0.256 e. The average molecular weight is 604 g/mol. The number of halogens is 1. The average Bonchev–Trinajstić information content (AvgIpc) is 3.24. The first-order valence-electron chi connectivity index (χ1n) is 14.8. The zero-order valence-electron chi connectivity index (χ0n) is 24.5. The standard InChI is InChI=1S/C33H38FN5O3S/c1-2-42-29-15-11-27(12-16-29)35-31(40)23-30-32(41)39(28-13-9-26(34)10-14-28)33(43)38(30)18-6-17-36-19-21-37(22-20-36)24-25-7-4-3-5-8-25/h3-5,7-16,30H,2,6,17-24H2,1H3,(H,35,40). The largest absolute Gasteiger partial charge is 0.494 e. The van der Waals surface area contributed by atoms with Crippen LogP contribution in [0.4, 0.5) is 15.8 Å². The number of rotatable bonds is 12. The van der Waals surface area contributed by atoms with Gasteiger partial charge in [-0.3, -0.25) is 19.4 Å². The maximum absolute atomic E-state index is 13.7. The van der Waals surface area contributed by atoms with Gasteiger partial charge in [0.1, 0.15) is 17.6 Å². The number of anilines is 2. The molecule has 0 aromatic heterocycles. The molecule has 2 saturated heterocycles. The highest BCUT2D eigenvalue weighted by Crippen LogP contribution is 2.28. The zero-order valence-corrected chi connectivity index (χ0v) is 25.3. The monoisotopic (exact) mass is 603 g/mol. The van der Waals surface area contributed by atoms with Gasteiger partial charge in [0.05, 0.1) is 18.7 Å². The first-order valence-corrected chi connectivity index (χ1v) is 15.2. The van der Waals surface area contributed by atoms with Crippen molar-refractivity contribution in [1.82, 2.24) is 14.7 Å². The third-order valence-corrected chi connectivity index (χ3v) is 8.24. The van der Waals surface area contributed by atoms with Crippen LogP contribution in [0.1, 0.15) is 25.3 Å². The van der Waals surface area contributed by atoms with E-state index in [1.807, 2.05) is 17.9 Å². The number of carbonyl (C=O) groups is 2. The molecule has 0 spiro atoms. The summed E-state index contributed by atoms with van der Waals surface area (Å²) in [6, 6.07) is 22.6. The maximum atomic E-state index is 13.7. The van der Waals surface area contributed by atoms with E-state index in [1.54, 1.807) is 24.3 Å². The zero-order chi connectivity index (χ0) is 30.2. The first-order chi connectivity index (χ1) is 20.9. The highest BCUT2D eigenvalue weighted by Gasteiger charge is 2.44. The van der Waals surface area contributed by atoms with Crippen LogP contribution >= 0.6 is 12.2 Å². The molecule has 2 amide bonds. The SMILES string of the molecule is CCOc1ccc(NC(=O)CC2C(=O)N(c3ccc(F)cc3)C(=S)N2CCCN2CCN(Cc3ccccc3)CC2)cc1. The van der Waals surface area contributed by atoms with Crippen molar-refractivity contribution < 1.29 is 18.7 Å². The van der Waals surface area contributed by atoms with E-state index in [4.69, 9.17) is 17.0 Å². The summed E-state index contributed by atoms with van der Waals surface area (Å²) in [7, 11) is 0. The Morgan fingerprint density at radius 2 is 1.60 bits per heavy atom. The fourth-order valence-corrected chi connectivity index (χ4v) is 6.00. The molecule has 226 valence electrons. The molecule has 3 aromatic carbocycles. The summed E-state index contributed by atoms with van der Waals surface area (Å²) in [5.41, 5.74) is 2.44. The normalized spacial score (nSPS) is 17.9. The van der Waals surface area contributed by atoms with Gasteiger partial charge in [0, 0.05) is 45.0 Å². The molecule has 43 heavy (non-hydrogen) atoms. The number of ether oxygens (including phenoxy) is 1. The summed E-state index contributed by atoms with van der Waals surface area (Å²) in [4.78, 5) is 34.9. The Hall–Kier alpha value is -3.86. The van der Waals surface area contributed by atoms with Crippen LogP contribution in [0.15, 0.2) is 78.9 Å². The number of amides is 2. The molecule has 2 aliphatic rings. The molecule has 0 aliphatic carbocycles. The summed E-state index contributed by atoms with van der Waals surface area (Å²) in [6.07, 6.45) is 0.739. The summed E-state index contributed by atoms with van der Waals surface area (Å²) in [5, 5.41) is 3.22. The van der Waals surface area contributed by atoms with E-state index in [1.165, 1.54) is 34.7 Å². The number of hydrogen-bond donors (Lipinski definition) is 1. The van der Waals surface area contributed by atoms with Crippen LogP contribution in [0, 0.1) is 5.82 Å². The van der Waals surface area contributed by atoms with Crippen molar-refractivity contribution in [1.29, 1.82) is 0 Å². The van der Waals surface area contributed by atoms with Crippen LogP contribution in [0.25, 0.3) is 0 Å². The summed E-state index contributed by atoms with van der Waals surface area (Å²) in [5.74, 6) is -0.248. The van der Waals surface area contributed by atoms with Gasteiger partial charge in [0.25, 0.3) is 5.91 Å². The first kappa shape index (κ1) is 30.6. The third kappa shape index (κ3) is 7.95. The summed E-state index contributed by atoms with van der Waals surface area (Å²) < 4.78 is 19.1. The molecule has 2 aliphatic heterocycles. The van der Waals surface area contributed by atoms with Crippen molar-refractivity contribution in [3.8, 4) is 5.75 Å². The molecule has 0 saturated carbocycles. The van der Waals surface area contributed by atoms with E-state index in [0.29, 0.717) is 29.6 Å². The van der Waals surface area contributed by atoms with Gasteiger partial charge >= 0.3 is 0 Å². The third-order valence-electron chi connectivity index (χ3n) is 7.82. The lowest BCUT2D eigenvalue weighted by Gasteiger charge is -2.35. The second kappa shape index (κ2) is 14.5. The number of thiocarbonyl (C=S) groups is 1. The molecular formula is C33H38FN5O3S. The number of hydrogen-bond acceptors (Lipinski definition) is 6. The van der Waals surface area contributed by atoms with Gasteiger partial charge in [-0.1, -0.05) is 30.3 Å². The number of nitrogens with one attached hydrogen (secondary N) is 1. The Kier molecular flexibility index (Phi) is 10.3. The van der Waals surface area contributed by atoms with Crippen molar-refractivity contribution in [2.45, 2.75) is 32.4 Å². The smallest absolute Gasteiger partial charge is 0.256 e. The molecule has 8 nitrogen and oxygen atoms in total. The van der Waals surface area contributed by atoms with Crippen molar-refractivity contribution in [3.63, 3.8) is 0 Å². The van der Waals surface area contributed by atoms with Gasteiger partial charge in [-0.15, -0.1) is 0 Å². The molecule has 10 heteroatoms. The van der Waals surface area contributed by atoms with Gasteiger partial charge in [0.2, 0.25) is 5.91 Å². The predicted octanol–water partition coefficient (Wildman–Crippen LogP) is 4.76. The van der Waals surface area contributed by atoms with Gasteiger partial charge < -0.3 is 19.9 Å². The van der Waals surface area contributed by atoms with E-state index in [9.17, 15) is 14.0 Å². The molecule has 1 unspecified atom stereocenters. The van der Waals surface area contributed by atoms with Gasteiger partial charge in [0.15, 0.2) is 5.11 Å². The van der Waals surface area contributed by atoms with E-state index in [-0.39, 0.29) is 18.2 Å². The fourth-order valence-electron chi connectivity index (χ4n) is 5.58. The minimum absolute atomic E-state index is 0.0535. The van der Waals surface area contributed by atoms with E-state index >= 15 is 0 Å². The molecule has 1 N–H and O–H groups in total. The molecule has 0 bridgehead atoms. The van der Waals surface area contributed by atoms with Crippen LogP contribution in [-0.2, 0) is 16.1 Å². The van der Waals surface area contributed by atoms with Crippen LogP contribution in [-0.4, -0.2) is 83.5 Å². The van der Waals surface area contributed by atoms with E-state index in [2.05, 4.69) is 39.4 Å². The molecule has 2 heterocycles. The Morgan fingerprint density at radius 3 is 2.28 bits per heavy atom. The highest BCUT2D eigenvalue weighted by atomic mass is 32.1. The summed E-state index contributed by atoms with van der Waals surface area (Å²) in [6.45, 7) is 8.79. The van der Waals surface area contributed by atoms with Gasteiger partial charge in [-0.05, 0) is 86.2 Å². The molecule has 0 radical (unpaired) electrons. The highest BCUT2D eigenvalue weighted by molar-refractivity contribution is 7.80. The van der Waals surface area contributed by atoms with Crippen molar-refractivity contribution in [2.75, 3.05) is 56.1 Å². The molecular weight excluding hydrogens is 565 g/mol. The molecule has 3 aromatic rings. The van der Waals surface area contributed by atoms with Crippen LogP contribution < -0.4 is 15.0 Å². The lowest BCUT2D eigenvalue weighted by molar-refractivity contribution is -0.124. The fraction of sp³-hybridized carbons (Fsp3) is 0.364. The number of nitrogens with zero attached hydrogens (tertiary/aromatic N) is 4. The number of piperazine rings is 1. The Bertz CT molecular complexity index is 1380. The van der Waals surface area contributed by atoms with Gasteiger partial charge in [-0.25, -0.2) is 4.39 Å². The van der Waals surface area contributed by atoms with E-state index < -0.39 is 11.9 Å². The van der Waals surface area contributed by atoms with Crippen molar-refractivity contribution in [2.24, 2.45) is 0 Å². The quantitative estimate of drug-likeness (QED) is 0.300. The number of carbonyl (C=O) groups excluding carboxylic acids is 2. The second-order valence-electron chi connectivity index (χ2n) is 10.8. The Labute approximate surface area is 258 Å².